The predicted molar refractivity (Wildman–Crippen MR) is 120 cm³/mol. The summed E-state index contributed by atoms with van der Waals surface area (Å²) in [5, 5.41) is 14.9. The second-order valence-corrected chi connectivity index (χ2v) is 8.25. The van der Waals surface area contributed by atoms with E-state index in [9.17, 15) is 14.0 Å². The van der Waals surface area contributed by atoms with Gasteiger partial charge in [-0.2, -0.15) is 10.4 Å². The van der Waals surface area contributed by atoms with Crippen molar-refractivity contribution in [3.05, 3.63) is 54.4 Å². The Hall–Kier alpha value is -3.91. The minimum atomic E-state index is -0.730. The van der Waals surface area contributed by atoms with Crippen molar-refractivity contribution in [1.82, 2.24) is 29.7 Å². The first kappa shape index (κ1) is 21.9. The maximum atomic E-state index is 15.0. The van der Waals surface area contributed by atoms with Gasteiger partial charge in [0, 0.05) is 49.5 Å². The third-order valence-electron chi connectivity index (χ3n) is 6.28. The molecule has 34 heavy (non-hydrogen) atoms. The third-order valence-corrected chi connectivity index (χ3v) is 6.28. The molecule has 2 atom stereocenters. The molecule has 0 spiro atoms. The quantitative estimate of drug-likeness (QED) is 0.445. The number of fused-ring (bicyclic) bond motifs is 1. The molecule has 0 radical (unpaired) electrons. The number of anilines is 1. The minimum absolute atomic E-state index is 0.0298. The zero-order chi connectivity index (χ0) is 23.7. The van der Waals surface area contributed by atoms with Gasteiger partial charge in [-0.15, -0.1) is 0 Å². The monoisotopic (exact) mass is 464 g/mol. The van der Waals surface area contributed by atoms with Crippen LogP contribution in [0.5, 0.6) is 0 Å². The maximum absolute atomic E-state index is 15.0. The molecule has 0 aromatic carbocycles. The van der Waals surface area contributed by atoms with E-state index in [2.05, 4.69) is 31.1 Å². The van der Waals surface area contributed by atoms with Gasteiger partial charge in [-0.25, -0.2) is 23.7 Å². The van der Waals surface area contributed by atoms with Crippen LogP contribution in [0.1, 0.15) is 24.4 Å². The lowest BCUT2D eigenvalue weighted by Crippen LogP contribution is -2.26. The SMILES string of the molecule is COCc1c(F)cnc(N2CCC(C(CC#N)n3cc(-c4ncnc5[nH]ccc45)cn3)C2)c1F. The van der Waals surface area contributed by atoms with Gasteiger partial charge in [0.25, 0.3) is 0 Å². The van der Waals surface area contributed by atoms with Crippen molar-refractivity contribution in [3.8, 4) is 17.3 Å². The highest BCUT2D eigenvalue weighted by atomic mass is 19.1. The van der Waals surface area contributed by atoms with Crippen molar-refractivity contribution >= 4 is 16.9 Å². The Morgan fingerprint density at radius 2 is 2.18 bits per heavy atom. The summed E-state index contributed by atoms with van der Waals surface area (Å²) in [6, 6.07) is 3.95. The lowest BCUT2D eigenvalue weighted by molar-refractivity contribution is 0.177. The average Bonchev–Trinajstić information content (AvgIpc) is 3.60. The number of nitrogens with one attached hydrogen (secondary N) is 1. The van der Waals surface area contributed by atoms with Gasteiger partial charge in [-0.3, -0.25) is 4.68 Å². The molecule has 174 valence electrons. The molecule has 0 bridgehead atoms. The first-order valence-electron chi connectivity index (χ1n) is 10.9. The number of ether oxygens (including phenoxy) is 1. The van der Waals surface area contributed by atoms with Gasteiger partial charge in [0.15, 0.2) is 11.6 Å². The Labute approximate surface area is 194 Å². The number of halogens is 2. The van der Waals surface area contributed by atoms with Crippen LogP contribution in [0.25, 0.3) is 22.3 Å². The summed E-state index contributed by atoms with van der Waals surface area (Å²) in [4.78, 5) is 17.5. The standard InChI is InChI=1S/C23H22F2N8O/c1-34-12-17-18(24)9-28-23(20(17)25)32-7-4-14(10-32)19(2-5-26)33-11-15(8-31-33)21-16-3-6-27-22(16)30-13-29-21/h3,6,8-9,11,13-14,19H,2,4,7,10,12H2,1H3,(H,27,29,30). The largest absolute Gasteiger partial charge is 0.380 e. The van der Waals surface area contributed by atoms with Gasteiger partial charge in [-0.1, -0.05) is 0 Å². The molecule has 5 heterocycles. The average molecular weight is 464 g/mol. The number of hydrogen-bond acceptors (Lipinski definition) is 7. The first-order valence-corrected chi connectivity index (χ1v) is 10.9. The highest BCUT2D eigenvalue weighted by Gasteiger charge is 2.33. The van der Waals surface area contributed by atoms with Crippen LogP contribution >= 0.6 is 0 Å². The number of methoxy groups -OCH3 is 1. The fourth-order valence-electron chi connectivity index (χ4n) is 4.60. The topological polar surface area (TPSA) is 109 Å². The molecule has 1 N–H and O–H groups in total. The van der Waals surface area contributed by atoms with Gasteiger partial charge in [0.2, 0.25) is 0 Å². The van der Waals surface area contributed by atoms with Gasteiger partial charge < -0.3 is 14.6 Å². The van der Waals surface area contributed by atoms with Crippen molar-refractivity contribution in [1.29, 1.82) is 5.26 Å². The normalized spacial score (nSPS) is 16.8. The highest BCUT2D eigenvalue weighted by molar-refractivity contribution is 5.89. The Morgan fingerprint density at radius 3 is 3.00 bits per heavy atom. The predicted octanol–water partition coefficient (Wildman–Crippen LogP) is 3.62. The van der Waals surface area contributed by atoms with E-state index in [1.165, 1.54) is 13.4 Å². The Morgan fingerprint density at radius 1 is 1.29 bits per heavy atom. The number of H-pyrrole nitrogens is 1. The summed E-state index contributed by atoms with van der Waals surface area (Å²) < 4.78 is 35.7. The van der Waals surface area contributed by atoms with E-state index in [0.717, 1.165) is 34.9 Å². The van der Waals surface area contributed by atoms with E-state index >= 15 is 0 Å². The number of aromatic nitrogens is 6. The molecule has 5 rings (SSSR count). The zero-order valence-electron chi connectivity index (χ0n) is 18.4. The number of aromatic amines is 1. The summed E-state index contributed by atoms with van der Waals surface area (Å²) >= 11 is 0. The number of nitriles is 1. The van der Waals surface area contributed by atoms with Gasteiger partial charge in [-0.05, 0) is 12.5 Å². The molecule has 2 unspecified atom stereocenters. The van der Waals surface area contributed by atoms with Crippen LogP contribution in [0.3, 0.4) is 0 Å². The van der Waals surface area contributed by atoms with Crippen LogP contribution < -0.4 is 4.90 Å². The molecule has 0 aliphatic carbocycles. The van der Waals surface area contributed by atoms with Crippen LogP contribution in [-0.2, 0) is 11.3 Å². The molecule has 0 saturated carbocycles. The number of nitrogens with zero attached hydrogens (tertiary/aromatic N) is 7. The lowest BCUT2D eigenvalue weighted by Gasteiger charge is -2.23. The number of rotatable bonds is 7. The molecule has 1 aliphatic rings. The fourth-order valence-corrected chi connectivity index (χ4v) is 4.60. The summed E-state index contributed by atoms with van der Waals surface area (Å²) in [5.41, 5.74) is 2.17. The van der Waals surface area contributed by atoms with Crippen LogP contribution in [0, 0.1) is 28.9 Å². The van der Waals surface area contributed by atoms with Crippen LogP contribution in [-0.4, -0.2) is 49.9 Å². The summed E-state index contributed by atoms with van der Waals surface area (Å²) in [5.74, 6) is -1.31. The first-order chi connectivity index (χ1) is 16.6. The van der Waals surface area contributed by atoms with E-state index in [4.69, 9.17) is 4.74 Å². The Balaban J connectivity index is 1.40. The van der Waals surface area contributed by atoms with Crippen molar-refractivity contribution in [2.75, 3.05) is 25.1 Å². The summed E-state index contributed by atoms with van der Waals surface area (Å²) in [7, 11) is 1.39. The smallest absolute Gasteiger partial charge is 0.174 e. The lowest BCUT2D eigenvalue weighted by atomic mass is 9.96. The maximum Gasteiger partial charge on any atom is 0.174 e. The van der Waals surface area contributed by atoms with E-state index in [1.807, 2.05) is 12.3 Å². The van der Waals surface area contributed by atoms with Crippen molar-refractivity contribution < 1.29 is 13.5 Å². The second-order valence-electron chi connectivity index (χ2n) is 8.25. The fraction of sp³-hybridized carbons (Fsp3) is 0.348. The molecule has 0 amide bonds. The summed E-state index contributed by atoms with van der Waals surface area (Å²) in [6.07, 6.45) is 8.90. The Bertz CT molecular complexity index is 1360. The van der Waals surface area contributed by atoms with Gasteiger partial charge >= 0.3 is 0 Å². The van der Waals surface area contributed by atoms with E-state index in [1.54, 1.807) is 22.0 Å². The van der Waals surface area contributed by atoms with Crippen molar-refractivity contribution in [3.63, 3.8) is 0 Å². The van der Waals surface area contributed by atoms with Gasteiger partial charge in [0.1, 0.15) is 17.8 Å². The molecule has 1 aliphatic heterocycles. The number of hydrogen-bond donors (Lipinski definition) is 1. The van der Waals surface area contributed by atoms with Crippen LogP contribution in [0.4, 0.5) is 14.6 Å². The van der Waals surface area contributed by atoms with Crippen molar-refractivity contribution in [2.24, 2.45) is 5.92 Å². The van der Waals surface area contributed by atoms with Crippen LogP contribution in [0.2, 0.25) is 0 Å². The molecule has 4 aromatic heterocycles. The molecule has 9 nitrogen and oxygen atoms in total. The molecule has 1 saturated heterocycles. The second kappa shape index (κ2) is 9.15. The van der Waals surface area contributed by atoms with E-state index in [-0.39, 0.29) is 36.4 Å². The zero-order valence-corrected chi connectivity index (χ0v) is 18.4. The van der Waals surface area contributed by atoms with E-state index < -0.39 is 11.6 Å². The minimum Gasteiger partial charge on any atom is -0.380 e. The number of pyridine rings is 1. The molecular weight excluding hydrogens is 442 g/mol. The van der Waals surface area contributed by atoms with Gasteiger partial charge in [0.05, 0.1) is 48.8 Å². The summed E-state index contributed by atoms with van der Waals surface area (Å²) in [6.45, 7) is 0.840. The molecule has 4 aromatic rings. The third kappa shape index (κ3) is 3.86. The molecular formula is C23H22F2N8O. The van der Waals surface area contributed by atoms with Crippen LogP contribution in [0.15, 0.2) is 37.2 Å². The molecule has 11 heteroatoms. The van der Waals surface area contributed by atoms with E-state index in [0.29, 0.717) is 13.1 Å². The van der Waals surface area contributed by atoms with Crippen molar-refractivity contribution in [2.45, 2.75) is 25.5 Å². The molecule has 1 fully saturated rings. The Kier molecular flexibility index (Phi) is 5.90. The highest BCUT2D eigenvalue weighted by Crippen LogP contribution is 2.35.